The Morgan fingerprint density at radius 3 is 2.17 bits per heavy atom. The highest BCUT2D eigenvalue weighted by Gasteiger charge is 2.20. The Morgan fingerprint density at radius 2 is 1.52 bits per heavy atom. The Labute approximate surface area is 256 Å². The third-order valence-electron chi connectivity index (χ3n) is 7.06. The molecule has 0 aliphatic heterocycles. The predicted molar refractivity (Wildman–Crippen MR) is 174 cm³/mol. The van der Waals surface area contributed by atoms with Crippen molar-refractivity contribution in [3.05, 3.63) is 117 Å². The van der Waals surface area contributed by atoms with E-state index in [1.54, 1.807) is 6.07 Å². The molecule has 0 aliphatic carbocycles. The molecule has 8 heteroatoms. The van der Waals surface area contributed by atoms with Crippen molar-refractivity contribution >= 4 is 72.7 Å². The molecule has 0 unspecified atom stereocenters. The van der Waals surface area contributed by atoms with Gasteiger partial charge in [0, 0.05) is 67.9 Å². The second-order valence-electron chi connectivity index (χ2n) is 9.92. The molecule has 5 rings (SSSR count). The average molecular weight is 642 g/mol. The Kier molecular flexibility index (Phi) is 9.04. The smallest absolute Gasteiger partial charge is 0.331 e. The first kappa shape index (κ1) is 29.5. The normalized spacial score (nSPS) is 11.7. The van der Waals surface area contributed by atoms with Crippen LogP contribution in [0.25, 0.3) is 21.8 Å². The molecule has 1 aromatic heterocycles. The molecule has 212 valence electrons. The highest BCUT2D eigenvalue weighted by molar-refractivity contribution is 9.10. The maximum atomic E-state index is 13.7. The third-order valence-corrected chi connectivity index (χ3v) is 8.61. The fourth-order valence-electron chi connectivity index (χ4n) is 4.98. The average Bonchev–Trinajstić information content (AvgIpc) is 3.31. The van der Waals surface area contributed by atoms with Gasteiger partial charge in [-0.1, -0.05) is 57.5 Å². The number of carbonyl (C=O) groups is 3. The van der Waals surface area contributed by atoms with Crippen LogP contribution in [0, 0.1) is 6.92 Å². The van der Waals surface area contributed by atoms with Crippen LogP contribution in [0.15, 0.2) is 94.6 Å². The second kappa shape index (κ2) is 12.9. The molecule has 6 nitrogen and oxygen atoms in total. The molecule has 4 aromatic carbocycles. The van der Waals surface area contributed by atoms with Crippen molar-refractivity contribution in [1.29, 1.82) is 0 Å². The maximum Gasteiger partial charge on any atom is 0.331 e. The molecule has 0 atom stereocenters. The topological polar surface area (TPSA) is 77.7 Å². The van der Waals surface area contributed by atoms with Crippen molar-refractivity contribution in [3.8, 4) is 0 Å². The molecule has 5 aromatic rings. The minimum Gasteiger partial charge on any atom is -0.341 e. The predicted octanol–water partition coefficient (Wildman–Crippen LogP) is 8.15. The van der Waals surface area contributed by atoms with Crippen molar-refractivity contribution in [1.82, 2.24) is 4.57 Å². The van der Waals surface area contributed by atoms with E-state index in [-0.39, 0.29) is 23.0 Å². The Balaban J connectivity index is 1.50. The Morgan fingerprint density at radius 1 is 0.881 bits per heavy atom. The Bertz CT molecular complexity index is 1860. The van der Waals surface area contributed by atoms with Crippen LogP contribution in [0.5, 0.6) is 0 Å². The summed E-state index contributed by atoms with van der Waals surface area (Å²) in [7, 11) is 0. The molecule has 42 heavy (non-hydrogen) atoms. The minimum atomic E-state index is -0.592. The highest BCUT2D eigenvalue weighted by Crippen LogP contribution is 2.32. The quantitative estimate of drug-likeness (QED) is 0.0666. The first-order chi connectivity index (χ1) is 20.3. The zero-order valence-corrected chi connectivity index (χ0v) is 25.9. The fourth-order valence-corrected chi connectivity index (χ4v) is 6.15. The van der Waals surface area contributed by atoms with Crippen LogP contribution in [-0.4, -0.2) is 33.6 Å². The molecule has 0 radical (unpaired) electrons. The number of hydrogen-bond acceptors (Lipinski definition) is 6. The molecule has 0 amide bonds. The number of Topliss-reactive ketones (excluding diaryl/α,β-unsaturated/α-hetero) is 1. The molecule has 1 heterocycles. The van der Waals surface area contributed by atoms with Gasteiger partial charge in [0.25, 0.3) is 0 Å². The van der Waals surface area contributed by atoms with Gasteiger partial charge in [-0.15, -0.1) is 0 Å². The van der Waals surface area contributed by atoms with Gasteiger partial charge in [0.15, 0.2) is 5.78 Å². The summed E-state index contributed by atoms with van der Waals surface area (Å²) in [6, 6.07) is 26.8. The summed E-state index contributed by atoms with van der Waals surface area (Å²) in [4.78, 5) is 43.5. The van der Waals surface area contributed by atoms with Crippen LogP contribution < -0.4 is 0 Å². The maximum absolute atomic E-state index is 13.7. The number of nitrogens with zero attached hydrogens (tertiary/aromatic N) is 2. The number of aromatic nitrogens is 1. The number of ketones is 2. The molecule has 0 N–H and O–H groups in total. The summed E-state index contributed by atoms with van der Waals surface area (Å²) < 4.78 is 3.16. The minimum absolute atomic E-state index is 0.0433. The van der Waals surface area contributed by atoms with Gasteiger partial charge >= 0.3 is 5.97 Å². The number of benzene rings is 4. The van der Waals surface area contributed by atoms with Crippen LogP contribution in [0.2, 0.25) is 0 Å². The van der Waals surface area contributed by atoms with Crippen LogP contribution in [0.3, 0.4) is 0 Å². The van der Waals surface area contributed by atoms with Crippen molar-refractivity contribution in [2.24, 2.45) is 5.16 Å². The third kappa shape index (κ3) is 6.25. The first-order valence-corrected chi connectivity index (χ1v) is 15.5. The first-order valence-electron chi connectivity index (χ1n) is 13.5. The van der Waals surface area contributed by atoms with Crippen molar-refractivity contribution in [2.45, 2.75) is 33.1 Å². The zero-order chi connectivity index (χ0) is 29.8. The summed E-state index contributed by atoms with van der Waals surface area (Å²) >= 11 is 4.95. The molecule has 0 aliphatic rings. The lowest BCUT2D eigenvalue weighted by atomic mass is 9.97. The van der Waals surface area contributed by atoms with E-state index in [9.17, 15) is 14.4 Å². The van der Waals surface area contributed by atoms with Gasteiger partial charge in [-0.3, -0.25) is 9.59 Å². The number of halogens is 1. The summed E-state index contributed by atoms with van der Waals surface area (Å²) in [6.45, 7) is 5.97. The largest absolute Gasteiger partial charge is 0.341 e. The standard InChI is InChI=1S/C34H29BrN2O4S/c1-4-37-31-15-11-24(33(39)27-8-6-5-7-21(27)2)17-28(31)29-18-25(12-16-32(29)37)34(40)30(36-41-22(3)38)20-42-19-23-9-13-26(35)14-10-23/h5-18H,4,19-20H2,1-3H3/b36-30+. The van der Waals surface area contributed by atoms with Crippen molar-refractivity contribution in [2.75, 3.05) is 5.75 Å². The van der Waals surface area contributed by atoms with Gasteiger partial charge in [-0.2, -0.15) is 11.8 Å². The van der Waals surface area contributed by atoms with Gasteiger partial charge in [0.05, 0.1) is 0 Å². The zero-order valence-electron chi connectivity index (χ0n) is 23.5. The molecule has 0 bridgehead atoms. The van der Waals surface area contributed by atoms with Crippen LogP contribution in [0.1, 0.15) is 51.3 Å². The van der Waals surface area contributed by atoms with Gasteiger partial charge in [0.2, 0.25) is 5.78 Å². The van der Waals surface area contributed by atoms with E-state index in [1.165, 1.54) is 18.7 Å². The van der Waals surface area contributed by atoms with E-state index in [1.807, 2.05) is 85.8 Å². The molecule has 0 saturated carbocycles. The number of rotatable bonds is 10. The number of aryl methyl sites for hydroxylation is 2. The van der Waals surface area contributed by atoms with Gasteiger partial charge < -0.3 is 9.40 Å². The summed E-state index contributed by atoms with van der Waals surface area (Å²) in [5.74, 6) is -0.0124. The summed E-state index contributed by atoms with van der Waals surface area (Å²) in [6.07, 6.45) is 0. The van der Waals surface area contributed by atoms with Crippen molar-refractivity contribution in [3.63, 3.8) is 0 Å². The molecule has 0 saturated heterocycles. The molecule has 0 spiro atoms. The van der Waals surface area contributed by atoms with Crippen LogP contribution in [0.4, 0.5) is 0 Å². The number of carbonyl (C=O) groups excluding carboxylic acids is 3. The van der Waals surface area contributed by atoms with Crippen LogP contribution in [-0.2, 0) is 21.9 Å². The number of oxime groups is 1. The van der Waals surface area contributed by atoms with E-state index in [2.05, 4.69) is 32.6 Å². The van der Waals surface area contributed by atoms with E-state index in [4.69, 9.17) is 4.84 Å². The SMILES string of the molecule is CCn1c2ccc(C(=O)/C(CSCc3ccc(Br)cc3)=N/OC(C)=O)cc2c2cc(C(=O)c3ccccc3C)ccc21. The summed E-state index contributed by atoms with van der Waals surface area (Å²) in [5.41, 5.74) is 5.81. The highest BCUT2D eigenvalue weighted by atomic mass is 79.9. The van der Waals surface area contributed by atoms with E-state index in [0.29, 0.717) is 22.4 Å². The second-order valence-corrected chi connectivity index (χ2v) is 11.8. The summed E-state index contributed by atoms with van der Waals surface area (Å²) in [5, 5.41) is 5.69. The lowest BCUT2D eigenvalue weighted by Crippen LogP contribution is -2.18. The Hall–Kier alpha value is -4.01. The lowest BCUT2D eigenvalue weighted by molar-refractivity contribution is -0.140. The molecular formula is C34H29BrN2O4S. The van der Waals surface area contributed by atoms with Gasteiger partial charge in [-0.05, 0) is 73.5 Å². The number of fused-ring (bicyclic) bond motifs is 3. The van der Waals surface area contributed by atoms with Gasteiger partial charge in [-0.25, -0.2) is 4.79 Å². The van der Waals surface area contributed by atoms with Crippen LogP contribution >= 0.6 is 27.7 Å². The molecular weight excluding hydrogens is 612 g/mol. The van der Waals surface area contributed by atoms with Crippen molar-refractivity contribution < 1.29 is 19.2 Å². The monoisotopic (exact) mass is 640 g/mol. The fraction of sp³-hybridized carbons (Fsp3) is 0.176. The van der Waals surface area contributed by atoms with E-state index >= 15 is 0 Å². The van der Waals surface area contributed by atoms with E-state index in [0.717, 1.165) is 44.0 Å². The molecule has 0 fully saturated rings. The van der Waals surface area contributed by atoms with Gasteiger partial charge in [0.1, 0.15) is 5.71 Å². The van der Waals surface area contributed by atoms with E-state index < -0.39 is 5.97 Å². The number of thioether (sulfide) groups is 1. The number of hydrogen-bond donors (Lipinski definition) is 0. The lowest BCUT2D eigenvalue weighted by Gasteiger charge is -2.07.